The molecule has 2 aromatic rings. The van der Waals surface area contributed by atoms with Crippen LogP contribution < -0.4 is 5.32 Å². The molecule has 0 amide bonds. The summed E-state index contributed by atoms with van der Waals surface area (Å²) in [5.41, 5.74) is 0.518. The van der Waals surface area contributed by atoms with E-state index < -0.39 is 11.9 Å². The highest BCUT2D eigenvalue weighted by Gasteiger charge is 2.32. The third-order valence-corrected chi connectivity index (χ3v) is 2.57. The number of benzene rings is 1. The van der Waals surface area contributed by atoms with E-state index in [9.17, 15) is 13.2 Å². The van der Waals surface area contributed by atoms with E-state index in [1.54, 1.807) is 19.2 Å². The molecule has 0 bridgehead atoms. The monoisotopic (exact) mass is 267 g/mol. The minimum absolute atomic E-state index is 0.0840. The van der Waals surface area contributed by atoms with Crippen LogP contribution in [0.25, 0.3) is 11.4 Å². The Kier molecular flexibility index (Phi) is 3.80. The lowest BCUT2D eigenvalue weighted by Crippen LogP contribution is -2.10. The number of rotatable bonds is 3. The van der Waals surface area contributed by atoms with Gasteiger partial charge in [0.15, 0.2) is 5.82 Å². The van der Waals surface area contributed by atoms with Crippen molar-refractivity contribution < 1.29 is 13.2 Å². The molecule has 6 heteroatoms. The third-order valence-electron chi connectivity index (χ3n) is 2.57. The molecular weight excluding hydrogens is 255 g/mol. The fraction of sp³-hybridized carbons (Fsp3) is 0.231. The molecule has 1 heterocycles. The van der Waals surface area contributed by atoms with Crippen molar-refractivity contribution in [2.24, 2.45) is 0 Å². The number of hydrogen-bond acceptors (Lipinski definition) is 3. The second-order valence-corrected chi connectivity index (χ2v) is 3.95. The number of nitrogens with zero attached hydrogens (tertiary/aromatic N) is 2. The number of hydrogen-bond donors (Lipinski definition) is 1. The molecule has 1 aromatic heterocycles. The molecule has 3 nitrogen and oxygen atoms in total. The van der Waals surface area contributed by atoms with Crippen molar-refractivity contribution >= 4 is 0 Å². The highest BCUT2D eigenvalue weighted by atomic mass is 19.4. The molecule has 0 aliphatic heterocycles. The van der Waals surface area contributed by atoms with Crippen LogP contribution in [0.5, 0.6) is 0 Å². The zero-order valence-corrected chi connectivity index (χ0v) is 10.2. The molecule has 0 saturated carbocycles. The van der Waals surface area contributed by atoms with Crippen LogP contribution in [0.15, 0.2) is 36.5 Å². The van der Waals surface area contributed by atoms with Crippen molar-refractivity contribution in [2.45, 2.75) is 12.7 Å². The van der Waals surface area contributed by atoms with Gasteiger partial charge in [-0.25, -0.2) is 9.97 Å². The van der Waals surface area contributed by atoms with Gasteiger partial charge in [-0.1, -0.05) is 24.3 Å². The SMILES string of the molecule is CNCc1ccccc1-c1nccc(C(F)(F)F)n1. The molecule has 1 aromatic carbocycles. The third kappa shape index (κ3) is 3.08. The molecule has 0 aliphatic carbocycles. The smallest absolute Gasteiger partial charge is 0.316 e. The fourth-order valence-corrected chi connectivity index (χ4v) is 1.73. The van der Waals surface area contributed by atoms with E-state index in [0.717, 1.165) is 17.8 Å². The van der Waals surface area contributed by atoms with Gasteiger partial charge in [0.05, 0.1) is 0 Å². The molecule has 100 valence electrons. The standard InChI is InChI=1S/C13H12F3N3/c1-17-8-9-4-2-3-5-10(9)12-18-7-6-11(19-12)13(14,15)16/h2-7,17H,8H2,1H3. The molecule has 0 atom stereocenters. The van der Waals surface area contributed by atoms with Crippen LogP contribution in [0.2, 0.25) is 0 Å². The van der Waals surface area contributed by atoms with Crippen LogP contribution in [0.4, 0.5) is 13.2 Å². The molecular formula is C13H12F3N3. The Labute approximate surface area is 108 Å². The van der Waals surface area contributed by atoms with Gasteiger partial charge in [0.2, 0.25) is 0 Å². The highest BCUT2D eigenvalue weighted by molar-refractivity contribution is 5.60. The maximum Gasteiger partial charge on any atom is 0.433 e. The van der Waals surface area contributed by atoms with Crippen LogP contribution in [0, 0.1) is 0 Å². The summed E-state index contributed by atoms with van der Waals surface area (Å²) in [6, 6.07) is 7.98. The van der Waals surface area contributed by atoms with E-state index in [0.29, 0.717) is 12.1 Å². The van der Waals surface area contributed by atoms with E-state index in [2.05, 4.69) is 15.3 Å². The average molecular weight is 267 g/mol. The Morgan fingerprint density at radius 3 is 2.58 bits per heavy atom. The molecule has 1 N–H and O–H groups in total. The molecule has 2 rings (SSSR count). The largest absolute Gasteiger partial charge is 0.433 e. The predicted molar refractivity (Wildman–Crippen MR) is 65.2 cm³/mol. The van der Waals surface area contributed by atoms with Gasteiger partial charge in [-0.05, 0) is 18.7 Å². The quantitative estimate of drug-likeness (QED) is 0.929. The van der Waals surface area contributed by atoms with Gasteiger partial charge in [0.25, 0.3) is 0 Å². The van der Waals surface area contributed by atoms with Gasteiger partial charge >= 0.3 is 6.18 Å². The first kappa shape index (κ1) is 13.5. The molecule has 0 unspecified atom stereocenters. The maximum absolute atomic E-state index is 12.6. The zero-order chi connectivity index (χ0) is 13.9. The molecule has 0 aliphatic rings. The van der Waals surface area contributed by atoms with Crippen molar-refractivity contribution in [3.8, 4) is 11.4 Å². The first-order valence-corrected chi connectivity index (χ1v) is 5.65. The molecule has 0 spiro atoms. The number of aromatic nitrogens is 2. The summed E-state index contributed by atoms with van der Waals surface area (Å²) in [5.74, 6) is 0.0840. The van der Waals surface area contributed by atoms with Crippen molar-refractivity contribution in [3.63, 3.8) is 0 Å². The first-order valence-electron chi connectivity index (χ1n) is 5.65. The van der Waals surface area contributed by atoms with Gasteiger partial charge in [0, 0.05) is 18.3 Å². The van der Waals surface area contributed by atoms with Crippen LogP contribution in [-0.4, -0.2) is 17.0 Å². The van der Waals surface area contributed by atoms with Gasteiger partial charge in [-0.15, -0.1) is 0 Å². The Morgan fingerprint density at radius 1 is 1.16 bits per heavy atom. The van der Waals surface area contributed by atoms with E-state index in [1.165, 1.54) is 0 Å². The Balaban J connectivity index is 2.48. The lowest BCUT2D eigenvalue weighted by Gasteiger charge is -2.10. The summed E-state index contributed by atoms with van der Waals surface area (Å²) in [5, 5.41) is 2.96. The predicted octanol–water partition coefficient (Wildman–Crippen LogP) is 2.88. The summed E-state index contributed by atoms with van der Waals surface area (Å²) in [4.78, 5) is 7.52. The summed E-state index contributed by atoms with van der Waals surface area (Å²) in [7, 11) is 1.77. The number of halogens is 3. The van der Waals surface area contributed by atoms with Crippen LogP contribution in [0.3, 0.4) is 0 Å². The lowest BCUT2D eigenvalue weighted by molar-refractivity contribution is -0.141. The van der Waals surface area contributed by atoms with Crippen molar-refractivity contribution in [2.75, 3.05) is 7.05 Å². The van der Waals surface area contributed by atoms with E-state index in [1.807, 2.05) is 12.1 Å². The Hall–Kier alpha value is -1.95. The van der Waals surface area contributed by atoms with E-state index >= 15 is 0 Å². The van der Waals surface area contributed by atoms with E-state index in [4.69, 9.17) is 0 Å². The second-order valence-electron chi connectivity index (χ2n) is 3.95. The van der Waals surface area contributed by atoms with Gasteiger partial charge in [-0.2, -0.15) is 13.2 Å². The summed E-state index contributed by atoms with van der Waals surface area (Å²) in [6.07, 6.45) is -3.34. The fourth-order valence-electron chi connectivity index (χ4n) is 1.73. The Bertz CT molecular complexity index is 567. The van der Waals surface area contributed by atoms with Gasteiger partial charge in [-0.3, -0.25) is 0 Å². The topological polar surface area (TPSA) is 37.8 Å². The van der Waals surface area contributed by atoms with Crippen molar-refractivity contribution in [1.82, 2.24) is 15.3 Å². The first-order chi connectivity index (χ1) is 9.02. The van der Waals surface area contributed by atoms with Crippen LogP contribution >= 0.6 is 0 Å². The minimum atomic E-state index is -4.46. The summed E-state index contributed by atoms with van der Waals surface area (Å²) >= 11 is 0. The van der Waals surface area contributed by atoms with Gasteiger partial charge < -0.3 is 5.32 Å². The molecule has 19 heavy (non-hydrogen) atoms. The maximum atomic E-state index is 12.6. The van der Waals surface area contributed by atoms with Crippen LogP contribution in [-0.2, 0) is 12.7 Å². The number of nitrogens with one attached hydrogen (secondary N) is 1. The second kappa shape index (κ2) is 5.36. The highest BCUT2D eigenvalue weighted by Crippen LogP contribution is 2.29. The van der Waals surface area contributed by atoms with Crippen molar-refractivity contribution in [1.29, 1.82) is 0 Å². The summed E-state index contributed by atoms with van der Waals surface area (Å²) < 4.78 is 37.9. The molecule has 0 fully saturated rings. The number of alkyl halides is 3. The normalized spacial score (nSPS) is 11.6. The van der Waals surface area contributed by atoms with E-state index in [-0.39, 0.29) is 5.82 Å². The average Bonchev–Trinajstić information content (AvgIpc) is 2.39. The molecule has 0 saturated heterocycles. The minimum Gasteiger partial charge on any atom is -0.316 e. The van der Waals surface area contributed by atoms with Gasteiger partial charge in [0.1, 0.15) is 5.69 Å². The lowest BCUT2D eigenvalue weighted by atomic mass is 10.1. The Morgan fingerprint density at radius 2 is 1.89 bits per heavy atom. The van der Waals surface area contributed by atoms with Crippen LogP contribution in [0.1, 0.15) is 11.3 Å². The molecule has 0 radical (unpaired) electrons. The van der Waals surface area contributed by atoms with Crippen molar-refractivity contribution in [3.05, 3.63) is 47.8 Å². The zero-order valence-electron chi connectivity index (χ0n) is 10.2. The summed E-state index contributed by atoms with van der Waals surface area (Å²) in [6.45, 7) is 0.537.